The highest BCUT2D eigenvalue weighted by atomic mass is 16.5. The number of aryl methyl sites for hydroxylation is 1. The van der Waals surface area contributed by atoms with E-state index in [1.165, 1.54) is 12.1 Å². The van der Waals surface area contributed by atoms with E-state index in [1.807, 2.05) is 19.9 Å². The van der Waals surface area contributed by atoms with Gasteiger partial charge in [-0.15, -0.1) is 0 Å². The number of aromatic hydroxyl groups is 1. The van der Waals surface area contributed by atoms with Crippen molar-refractivity contribution < 1.29 is 23.8 Å². The SMILES string of the molecule is CCOc1cc(O)c(C(=O)C=Cc2ccc(C)o2)c(OCC)c1. The third-order valence-corrected chi connectivity index (χ3v) is 3.07. The fraction of sp³-hybridized carbons (Fsp3) is 0.278. The Hall–Kier alpha value is -2.69. The van der Waals surface area contributed by atoms with Crippen LogP contribution in [0.4, 0.5) is 0 Å². The van der Waals surface area contributed by atoms with Crippen LogP contribution in [0, 0.1) is 6.92 Å². The second-order valence-corrected chi connectivity index (χ2v) is 4.83. The highest BCUT2D eigenvalue weighted by Gasteiger charge is 2.18. The summed E-state index contributed by atoms with van der Waals surface area (Å²) in [6.45, 7) is 6.29. The molecule has 5 nitrogen and oxygen atoms in total. The van der Waals surface area contributed by atoms with Gasteiger partial charge in [0.1, 0.15) is 34.3 Å². The molecule has 0 saturated heterocycles. The Morgan fingerprint density at radius 2 is 1.96 bits per heavy atom. The Labute approximate surface area is 135 Å². The lowest BCUT2D eigenvalue weighted by molar-refractivity contribution is 0.104. The second-order valence-electron chi connectivity index (χ2n) is 4.83. The zero-order chi connectivity index (χ0) is 16.8. The van der Waals surface area contributed by atoms with E-state index in [2.05, 4.69) is 0 Å². The Morgan fingerprint density at radius 1 is 1.22 bits per heavy atom. The molecule has 1 heterocycles. The molecule has 0 bridgehead atoms. The predicted octanol–water partition coefficient (Wildman–Crippen LogP) is 3.99. The number of rotatable bonds is 7. The van der Waals surface area contributed by atoms with E-state index in [-0.39, 0.29) is 17.1 Å². The molecule has 0 atom stereocenters. The van der Waals surface area contributed by atoms with Crippen molar-refractivity contribution in [2.24, 2.45) is 0 Å². The number of carbonyl (C=O) groups excluding carboxylic acids is 1. The molecule has 0 unspecified atom stereocenters. The molecule has 1 aromatic heterocycles. The maximum atomic E-state index is 12.4. The molecule has 0 fully saturated rings. The minimum Gasteiger partial charge on any atom is -0.507 e. The van der Waals surface area contributed by atoms with Crippen LogP contribution in [0.1, 0.15) is 35.7 Å². The highest BCUT2D eigenvalue weighted by Crippen LogP contribution is 2.34. The van der Waals surface area contributed by atoms with Gasteiger partial charge in [0.2, 0.25) is 0 Å². The van der Waals surface area contributed by atoms with Crippen molar-refractivity contribution >= 4 is 11.9 Å². The maximum Gasteiger partial charge on any atom is 0.193 e. The number of ether oxygens (including phenoxy) is 2. The topological polar surface area (TPSA) is 68.9 Å². The van der Waals surface area contributed by atoms with E-state index in [9.17, 15) is 9.90 Å². The van der Waals surface area contributed by atoms with Crippen LogP contribution in [0.3, 0.4) is 0 Å². The molecule has 5 heteroatoms. The molecule has 0 amide bonds. The molecule has 1 aromatic carbocycles. The van der Waals surface area contributed by atoms with Gasteiger partial charge in [-0.2, -0.15) is 0 Å². The fourth-order valence-corrected chi connectivity index (χ4v) is 2.13. The van der Waals surface area contributed by atoms with Crippen molar-refractivity contribution in [3.8, 4) is 17.2 Å². The molecule has 0 saturated carbocycles. The lowest BCUT2D eigenvalue weighted by Gasteiger charge is -2.12. The lowest BCUT2D eigenvalue weighted by atomic mass is 10.1. The average molecular weight is 316 g/mol. The molecule has 2 rings (SSSR count). The summed E-state index contributed by atoms with van der Waals surface area (Å²) in [7, 11) is 0. The van der Waals surface area contributed by atoms with Gasteiger partial charge >= 0.3 is 0 Å². The first kappa shape index (κ1) is 16.7. The summed E-state index contributed by atoms with van der Waals surface area (Å²) in [6, 6.07) is 6.58. The summed E-state index contributed by atoms with van der Waals surface area (Å²) >= 11 is 0. The van der Waals surface area contributed by atoms with Crippen LogP contribution in [0.5, 0.6) is 17.2 Å². The van der Waals surface area contributed by atoms with E-state index >= 15 is 0 Å². The Bertz CT molecular complexity index is 712. The smallest absolute Gasteiger partial charge is 0.193 e. The van der Waals surface area contributed by atoms with Gasteiger partial charge in [0, 0.05) is 12.1 Å². The van der Waals surface area contributed by atoms with Crippen molar-refractivity contribution in [1.82, 2.24) is 0 Å². The normalized spacial score (nSPS) is 10.9. The summed E-state index contributed by atoms with van der Waals surface area (Å²) < 4.78 is 16.2. The van der Waals surface area contributed by atoms with Crippen LogP contribution < -0.4 is 9.47 Å². The van der Waals surface area contributed by atoms with Gasteiger partial charge in [-0.25, -0.2) is 0 Å². The van der Waals surface area contributed by atoms with Crippen LogP contribution in [0.2, 0.25) is 0 Å². The summed E-state index contributed by atoms with van der Waals surface area (Å²) in [5, 5.41) is 10.2. The van der Waals surface area contributed by atoms with Crippen LogP contribution in [0.15, 0.2) is 34.8 Å². The first-order valence-electron chi connectivity index (χ1n) is 7.46. The van der Waals surface area contributed by atoms with Gasteiger partial charge in [0.25, 0.3) is 0 Å². The minimum absolute atomic E-state index is 0.106. The molecular weight excluding hydrogens is 296 g/mol. The van der Waals surface area contributed by atoms with Gasteiger partial charge in [-0.05, 0) is 45.1 Å². The summed E-state index contributed by atoms with van der Waals surface area (Å²) in [4.78, 5) is 12.4. The lowest BCUT2D eigenvalue weighted by Crippen LogP contribution is -2.03. The van der Waals surface area contributed by atoms with Crippen molar-refractivity contribution in [1.29, 1.82) is 0 Å². The number of benzene rings is 1. The molecule has 0 aliphatic carbocycles. The van der Waals surface area contributed by atoms with E-state index in [1.54, 1.807) is 25.1 Å². The molecule has 1 N–H and O–H groups in total. The van der Waals surface area contributed by atoms with Crippen LogP contribution in [-0.4, -0.2) is 24.1 Å². The third kappa shape index (κ3) is 4.16. The monoisotopic (exact) mass is 316 g/mol. The molecule has 0 aliphatic rings. The van der Waals surface area contributed by atoms with Crippen molar-refractivity contribution in [3.05, 3.63) is 47.4 Å². The summed E-state index contributed by atoms with van der Waals surface area (Å²) in [5.74, 6) is 1.53. The Kier molecular flexibility index (Phi) is 5.46. The van der Waals surface area contributed by atoms with Crippen LogP contribution >= 0.6 is 0 Å². The molecule has 2 aromatic rings. The van der Waals surface area contributed by atoms with E-state index in [0.29, 0.717) is 30.5 Å². The Morgan fingerprint density at radius 3 is 2.57 bits per heavy atom. The zero-order valence-electron chi connectivity index (χ0n) is 13.5. The molecule has 0 spiro atoms. The number of furan rings is 1. The highest BCUT2D eigenvalue weighted by molar-refractivity contribution is 6.10. The predicted molar refractivity (Wildman–Crippen MR) is 87.3 cm³/mol. The third-order valence-electron chi connectivity index (χ3n) is 3.07. The van der Waals surface area contributed by atoms with Crippen LogP contribution in [0.25, 0.3) is 6.08 Å². The summed E-state index contributed by atoms with van der Waals surface area (Å²) in [5.41, 5.74) is 0.106. The number of carbonyl (C=O) groups is 1. The quantitative estimate of drug-likeness (QED) is 0.618. The maximum absolute atomic E-state index is 12.4. The van der Waals surface area contributed by atoms with Gasteiger partial charge in [-0.3, -0.25) is 4.79 Å². The average Bonchev–Trinajstić information content (AvgIpc) is 2.91. The molecule has 23 heavy (non-hydrogen) atoms. The standard InChI is InChI=1S/C18H20O5/c1-4-21-14-10-16(20)18(17(11-14)22-5-2)15(19)9-8-13-7-6-12(3)23-13/h6-11,20H,4-5H2,1-3H3. The number of phenols is 1. The van der Waals surface area contributed by atoms with Crippen molar-refractivity contribution in [2.45, 2.75) is 20.8 Å². The first-order chi connectivity index (χ1) is 11.0. The second kappa shape index (κ2) is 7.54. The fourth-order valence-electron chi connectivity index (χ4n) is 2.13. The number of allylic oxidation sites excluding steroid dienone is 1. The molecular formula is C18H20O5. The number of phenolic OH excluding ortho intramolecular Hbond substituents is 1. The Balaban J connectivity index is 2.32. The number of hydrogen-bond acceptors (Lipinski definition) is 5. The summed E-state index contributed by atoms with van der Waals surface area (Å²) in [6.07, 6.45) is 2.90. The van der Waals surface area contributed by atoms with Crippen molar-refractivity contribution in [3.63, 3.8) is 0 Å². The van der Waals surface area contributed by atoms with Gasteiger partial charge in [-0.1, -0.05) is 0 Å². The van der Waals surface area contributed by atoms with E-state index < -0.39 is 0 Å². The molecule has 0 radical (unpaired) electrons. The van der Waals surface area contributed by atoms with E-state index in [0.717, 1.165) is 5.76 Å². The van der Waals surface area contributed by atoms with E-state index in [4.69, 9.17) is 13.9 Å². The molecule has 0 aliphatic heterocycles. The molecule has 122 valence electrons. The number of ketones is 1. The zero-order valence-corrected chi connectivity index (χ0v) is 13.5. The van der Waals surface area contributed by atoms with Gasteiger partial charge < -0.3 is 19.0 Å². The van der Waals surface area contributed by atoms with Gasteiger partial charge in [0.05, 0.1) is 13.2 Å². The van der Waals surface area contributed by atoms with Gasteiger partial charge in [0.15, 0.2) is 5.78 Å². The minimum atomic E-state index is -0.372. The largest absolute Gasteiger partial charge is 0.507 e. The van der Waals surface area contributed by atoms with Crippen molar-refractivity contribution in [2.75, 3.05) is 13.2 Å². The van der Waals surface area contributed by atoms with Crippen LogP contribution in [-0.2, 0) is 0 Å². The number of hydrogen-bond donors (Lipinski definition) is 1. The first-order valence-corrected chi connectivity index (χ1v) is 7.46.